The second kappa shape index (κ2) is 6.98. The molecular weight excluding hydrogens is 401 g/mol. The second-order valence-electron chi connectivity index (χ2n) is 7.09. The monoisotopic (exact) mass is 418 g/mol. The van der Waals surface area contributed by atoms with E-state index in [0.29, 0.717) is 39.1 Å². The highest BCUT2D eigenvalue weighted by atomic mass is 35.5. The lowest BCUT2D eigenvalue weighted by Gasteiger charge is -2.39. The number of carbonyl (C=O) groups is 2. The number of nitrogens with zero attached hydrogens (tertiary/aromatic N) is 2. The summed E-state index contributed by atoms with van der Waals surface area (Å²) in [5.41, 5.74) is -1.20. The van der Waals surface area contributed by atoms with Gasteiger partial charge < -0.3 is 9.47 Å². The summed E-state index contributed by atoms with van der Waals surface area (Å²) >= 11 is 5.63. The molecule has 3 aliphatic rings. The van der Waals surface area contributed by atoms with Crippen LogP contribution >= 0.6 is 11.6 Å². The molecule has 0 saturated carbocycles. The average Bonchev–Trinajstić information content (AvgIpc) is 3.20. The van der Waals surface area contributed by atoms with Gasteiger partial charge in [0.2, 0.25) is 5.91 Å². The Balaban J connectivity index is 1.52. The maximum atomic E-state index is 13.1. The zero-order chi connectivity index (χ0) is 20.1. The standard InChI is InChI=1S/C18H18ClF3N2O4/c19-13-2-1-11(9-12(13)18(20,21)22)24-15(25)10-14(16(24)26)23-5-3-17(4-6-23)27-7-8-28-17/h1-2,9,14H,3-8,10H2. The van der Waals surface area contributed by atoms with E-state index in [2.05, 4.69) is 0 Å². The van der Waals surface area contributed by atoms with Crippen molar-refractivity contribution in [3.63, 3.8) is 0 Å². The number of piperidine rings is 1. The number of benzene rings is 1. The minimum absolute atomic E-state index is 0.0719. The van der Waals surface area contributed by atoms with Gasteiger partial charge >= 0.3 is 6.18 Å². The molecule has 1 atom stereocenters. The zero-order valence-corrected chi connectivity index (χ0v) is 15.6. The lowest BCUT2D eigenvalue weighted by Crippen LogP contribution is -2.51. The Bertz CT molecular complexity index is 801. The van der Waals surface area contributed by atoms with Crippen LogP contribution in [0.2, 0.25) is 5.02 Å². The molecule has 3 saturated heterocycles. The molecule has 0 N–H and O–H groups in total. The van der Waals surface area contributed by atoms with Crippen molar-refractivity contribution in [2.24, 2.45) is 0 Å². The number of amides is 2. The Hall–Kier alpha value is -1.68. The molecule has 3 heterocycles. The zero-order valence-electron chi connectivity index (χ0n) is 14.8. The Labute approximate surface area is 164 Å². The molecule has 0 bridgehead atoms. The first-order chi connectivity index (χ1) is 13.2. The van der Waals surface area contributed by atoms with E-state index in [1.807, 2.05) is 4.90 Å². The van der Waals surface area contributed by atoms with Gasteiger partial charge in [-0.25, -0.2) is 4.90 Å². The fourth-order valence-electron chi connectivity index (χ4n) is 4.00. The smallest absolute Gasteiger partial charge is 0.347 e. The Morgan fingerprint density at radius 2 is 1.75 bits per heavy atom. The summed E-state index contributed by atoms with van der Waals surface area (Å²) in [6.45, 7) is 2.08. The van der Waals surface area contributed by atoms with Crippen LogP contribution in [-0.4, -0.2) is 54.8 Å². The second-order valence-corrected chi connectivity index (χ2v) is 7.50. The van der Waals surface area contributed by atoms with Crippen molar-refractivity contribution in [2.75, 3.05) is 31.2 Å². The van der Waals surface area contributed by atoms with Gasteiger partial charge in [-0.3, -0.25) is 14.5 Å². The molecule has 152 valence electrons. The van der Waals surface area contributed by atoms with Crippen LogP contribution < -0.4 is 4.90 Å². The Kier molecular flexibility index (Phi) is 4.89. The van der Waals surface area contributed by atoms with Crippen molar-refractivity contribution in [3.8, 4) is 0 Å². The van der Waals surface area contributed by atoms with Gasteiger partial charge in [0.25, 0.3) is 5.91 Å². The molecule has 28 heavy (non-hydrogen) atoms. The van der Waals surface area contributed by atoms with Crippen LogP contribution in [-0.2, 0) is 25.2 Å². The number of hydrogen-bond donors (Lipinski definition) is 0. The summed E-state index contributed by atoms with van der Waals surface area (Å²) in [5.74, 6) is -1.66. The topological polar surface area (TPSA) is 59.1 Å². The van der Waals surface area contributed by atoms with Gasteiger partial charge in [-0.1, -0.05) is 11.6 Å². The first-order valence-corrected chi connectivity index (χ1v) is 9.33. The van der Waals surface area contributed by atoms with Gasteiger partial charge in [-0.15, -0.1) is 0 Å². The molecular formula is C18H18ClF3N2O4. The largest absolute Gasteiger partial charge is 0.417 e. The van der Waals surface area contributed by atoms with Crippen molar-refractivity contribution in [1.82, 2.24) is 4.90 Å². The number of halogens is 4. The van der Waals surface area contributed by atoms with Crippen LogP contribution in [0.15, 0.2) is 18.2 Å². The maximum absolute atomic E-state index is 13.1. The summed E-state index contributed by atoms with van der Waals surface area (Å²) in [5, 5.41) is -0.482. The van der Waals surface area contributed by atoms with Gasteiger partial charge in [-0.05, 0) is 18.2 Å². The summed E-state index contributed by atoms with van der Waals surface area (Å²) in [4.78, 5) is 28.0. The van der Waals surface area contributed by atoms with Crippen LogP contribution in [0, 0.1) is 0 Å². The summed E-state index contributed by atoms with van der Waals surface area (Å²) in [6.07, 6.45) is -3.60. The van der Waals surface area contributed by atoms with Gasteiger partial charge in [0.1, 0.15) is 0 Å². The molecule has 0 radical (unpaired) electrons. The van der Waals surface area contributed by atoms with Gasteiger partial charge in [-0.2, -0.15) is 13.2 Å². The van der Waals surface area contributed by atoms with Gasteiger partial charge in [0.15, 0.2) is 5.79 Å². The lowest BCUT2D eigenvalue weighted by atomic mass is 10.0. The number of anilines is 1. The third-order valence-electron chi connectivity index (χ3n) is 5.45. The van der Waals surface area contributed by atoms with E-state index in [4.69, 9.17) is 21.1 Å². The van der Waals surface area contributed by atoms with E-state index in [1.54, 1.807) is 0 Å². The molecule has 3 fully saturated rings. The van der Waals surface area contributed by atoms with E-state index in [0.717, 1.165) is 17.0 Å². The predicted octanol–water partition coefficient (Wildman–Crippen LogP) is 2.83. The summed E-state index contributed by atoms with van der Waals surface area (Å²) < 4.78 is 50.7. The first-order valence-electron chi connectivity index (χ1n) is 8.96. The lowest BCUT2D eigenvalue weighted by molar-refractivity contribution is -0.188. The Morgan fingerprint density at radius 3 is 2.36 bits per heavy atom. The fourth-order valence-corrected chi connectivity index (χ4v) is 4.23. The highest BCUT2D eigenvalue weighted by Gasteiger charge is 2.47. The van der Waals surface area contributed by atoms with Crippen LogP contribution in [0.3, 0.4) is 0 Å². The fraction of sp³-hybridized carbons (Fsp3) is 0.556. The summed E-state index contributed by atoms with van der Waals surface area (Å²) in [7, 11) is 0. The van der Waals surface area contributed by atoms with E-state index < -0.39 is 40.4 Å². The number of carbonyl (C=O) groups excluding carboxylic acids is 2. The molecule has 10 heteroatoms. The maximum Gasteiger partial charge on any atom is 0.417 e. The highest BCUT2D eigenvalue weighted by molar-refractivity contribution is 6.31. The number of ether oxygens (including phenoxy) is 2. The molecule has 0 aliphatic carbocycles. The van der Waals surface area contributed by atoms with Gasteiger partial charge in [0.05, 0.1) is 41.9 Å². The number of imide groups is 1. The van der Waals surface area contributed by atoms with Crippen LogP contribution in [0.4, 0.5) is 18.9 Å². The van der Waals surface area contributed by atoms with Crippen LogP contribution in [0.5, 0.6) is 0 Å². The third kappa shape index (κ3) is 3.41. The van der Waals surface area contributed by atoms with Crippen molar-refractivity contribution in [3.05, 3.63) is 28.8 Å². The van der Waals surface area contributed by atoms with E-state index in [9.17, 15) is 22.8 Å². The summed E-state index contributed by atoms with van der Waals surface area (Å²) in [6, 6.07) is 2.34. The van der Waals surface area contributed by atoms with Gasteiger partial charge in [0, 0.05) is 25.9 Å². The molecule has 1 unspecified atom stereocenters. The molecule has 1 spiro atoms. The SMILES string of the molecule is O=C1CC(N2CCC3(CC2)OCCO3)C(=O)N1c1ccc(Cl)c(C(F)(F)F)c1. The molecule has 6 nitrogen and oxygen atoms in total. The minimum Gasteiger partial charge on any atom is -0.347 e. The first kappa shape index (κ1) is 19.6. The third-order valence-corrected chi connectivity index (χ3v) is 5.78. The van der Waals surface area contributed by atoms with E-state index >= 15 is 0 Å². The molecule has 1 aromatic rings. The minimum atomic E-state index is -4.68. The van der Waals surface area contributed by atoms with Crippen molar-refractivity contribution in [1.29, 1.82) is 0 Å². The number of alkyl halides is 3. The quantitative estimate of drug-likeness (QED) is 0.691. The molecule has 1 aromatic carbocycles. The Morgan fingerprint density at radius 1 is 1.11 bits per heavy atom. The average molecular weight is 419 g/mol. The van der Waals surface area contributed by atoms with E-state index in [1.165, 1.54) is 6.07 Å². The predicted molar refractivity (Wildman–Crippen MR) is 92.8 cm³/mol. The molecule has 0 aromatic heterocycles. The number of hydrogen-bond acceptors (Lipinski definition) is 5. The van der Waals surface area contributed by atoms with Crippen molar-refractivity contribution < 1.29 is 32.2 Å². The number of likely N-dealkylation sites (tertiary alicyclic amines) is 1. The van der Waals surface area contributed by atoms with Crippen LogP contribution in [0.1, 0.15) is 24.8 Å². The van der Waals surface area contributed by atoms with Crippen LogP contribution in [0.25, 0.3) is 0 Å². The number of rotatable bonds is 2. The molecule has 3 aliphatic heterocycles. The molecule has 2 amide bonds. The normalized spacial score (nSPS) is 25.9. The highest BCUT2D eigenvalue weighted by Crippen LogP contribution is 2.39. The van der Waals surface area contributed by atoms with Crippen molar-refractivity contribution in [2.45, 2.75) is 37.3 Å². The molecule has 4 rings (SSSR count). The van der Waals surface area contributed by atoms with E-state index in [-0.39, 0.29) is 12.1 Å². The van der Waals surface area contributed by atoms with Crippen molar-refractivity contribution >= 4 is 29.1 Å².